The first-order chi connectivity index (χ1) is 16.2. The van der Waals surface area contributed by atoms with E-state index in [1.165, 1.54) is 30.7 Å². The molecular formula is C21H14F4N4O5. The molecule has 13 heteroatoms. The standard InChI is InChI=1S/C21H14F4N4O5/c22-13-4-1-3-12(16(13)34-21(23,24)25)20(6-10-32-15-5-2-7-28-17(15)20)29-19(31)33-18(30)14-11-26-8-9-27-14/h1-5,7-9,11H,6,10H2,(H,29,31). The number of carbonyl (C=O) groups is 2. The molecule has 1 atom stereocenters. The van der Waals surface area contributed by atoms with Crippen molar-refractivity contribution in [3.8, 4) is 11.5 Å². The van der Waals surface area contributed by atoms with Gasteiger partial charge in [-0.05, 0) is 18.2 Å². The number of alkyl carbamates (subject to hydrolysis) is 1. The van der Waals surface area contributed by atoms with Gasteiger partial charge in [-0.3, -0.25) is 9.97 Å². The van der Waals surface area contributed by atoms with Crippen LogP contribution >= 0.6 is 0 Å². The number of benzene rings is 1. The number of fused-ring (bicyclic) bond motifs is 1. The second kappa shape index (κ2) is 8.92. The summed E-state index contributed by atoms with van der Waals surface area (Å²) in [7, 11) is 0. The van der Waals surface area contributed by atoms with Crippen molar-refractivity contribution in [3.05, 3.63) is 77.9 Å². The van der Waals surface area contributed by atoms with E-state index >= 15 is 0 Å². The first kappa shape index (κ1) is 22.9. The van der Waals surface area contributed by atoms with Crippen LogP contribution in [0, 0.1) is 5.82 Å². The van der Waals surface area contributed by atoms with Crippen LogP contribution in [-0.2, 0) is 10.3 Å². The molecule has 0 bridgehead atoms. The van der Waals surface area contributed by atoms with E-state index in [1.54, 1.807) is 0 Å². The van der Waals surface area contributed by atoms with Crippen LogP contribution in [-0.4, -0.2) is 40.0 Å². The quantitative estimate of drug-likeness (QED) is 0.345. The van der Waals surface area contributed by atoms with E-state index in [0.717, 1.165) is 24.4 Å². The minimum absolute atomic E-state index is 0.0391. The van der Waals surface area contributed by atoms with Crippen molar-refractivity contribution in [3.63, 3.8) is 0 Å². The van der Waals surface area contributed by atoms with Gasteiger partial charge in [0.2, 0.25) is 0 Å². The highest BCUT2D eigenvalue weighted by molar-refractivity contribution is 5.95. The minimum Gasteiger partial charge on any atom is -0.491 e. The normalized spacial score (nSPS) is 17.2. The lowest BCUT2D eigenvalue weighted by molar-refractivity contribution is -0.276. The zero-order chi connectivity index (χ0) is 24.3. The highest BCUT2D eigenvalue weighted by Crippen LogP contribution is 2.45. The Labute approximate surface area is 188 Å². The molecule has 176 valence electrons. The maximum absolute atomic E-state index is 14.6. The maximum atomic E-state index is 14.6. The van der Waals surface area contributed by atoms with Gasteiger partial charge < -0.3 is 19.5 Å². The Bertz CT molecular complexity index is 1230. The van der Waals surface area contributed by atoms with Crippen LogP contribution in [0.5, 0.6) is 11.5 Å². The largest absolute Gasteiger partial charge is 0.573 e. The van der Waals surface area contributed by atoms with Gasteiger partial charge in [-0.25, -0.2) is 19.0 Å². The van der Waals surface area contributed by atoms with E-state index in [9.17, 15) is 27.2 Å². The van der Waals surface area contributed by atoms with Gasteiger partial charge in [0.25, 0.3) is 0 Å². The molecule has 0 saturated carbocycles. The van der Waals surface area contributed by atoms with Crippen molar-refractivity contribution >= 4 is 12.1 Å². The second-order valence-electron chi connectivity index (χ2n) is 6.91. The third-order valence-corrected chi connectivity index (χ3v) is 4.83. The molecule has 1 amide bonds. The highest BCUT2D eigenvalue weighted by atomic mass is 19.4. The fraction of sp³-hybridized carbons (Fsp3) is 0.190. The number of alkyl halides is 3. The fourth-order valence-electron chi connectivity index (χ4n) is 3.52. The van der Waals surface area contributed by atoms with E-state index in [4.69, 9.17) is 9.47 Å². The number of rotatable bonds is 4. The van der Waals surface area contributed by atoms with Gasteiger partial charge in [-0.1, -0.05) is 12.1 Å². The molecule has 0 aliphatic carbocycles. The Morgan fingerprint density at radius 1 is 1.09 bits per heavy atom. The van der Waals surface area contributed by atoms with Crippen molar-refractivity contribution in [2.24, 2.45) is 0 Å². The molecular weight excluding hydrogens is 464 g/mol. The van der Waals surface area contributed by atoms with Crippen molar-refractivity contribution in [1.82, 2.24) is 20.3 Å². The Morgan fingerprint density at radius 2 is 1.91 bits per heavy atom. The summed E-state index contributed by atoms with van der Waals surface area (Å²) >= 11 is 0. The molecule has 0 spiro atoms. The van der Waals surface area contributed by atoms with Gasteiger partial charge in [-0.2, -0.15) is 0 Å². The van der Waals surface area contributed by atoms with Gasteiger partial charge in [0.15, 0.2) is 17.3 Å². The number of pyridine rings is 1. The monoisotopic (exact) mass is 478 g/mol. The molecule has 3 heterocycles. The number of hydrogen-bond donors (Lipinski definition) is 1. The zero-order valence-corrected chi connectivity index (χ0v) is 17.0. The summed E-state index contributed by atoms with van der Waals surface area (Å²) in [6.07, 6.45) is -1.93. The first-order valence-electron chi connectivity index (χ1n) is 9.63. The number of carbonyl (C=O) groups excluding carboxylic acids is 2. The molecule has 0 fully saturated rings. The Hall–Kier alpha value is -4.29. The molecule has 1 aromatic carbocycles. The average molecular weight is 478 g/mol. The number of para-hydroxylation sites is 1. The van der Waals surface area contributed by atoms with E-state index in [2.05, 4.69) is 25.0 Å². The molecule has 34 heavy (non-hydrogen) atoms. The van der Waals surface area contributed by atoms with Gasteiger partial charge in [0, 0.05) is 30.6 Å². The van der Waals surface area contributed by atoms with Crippen molar-refractivity contribution in [1.29, 1.82) is 0 Å². The lowest BCUT2D eigenvalue weighted by Crippen LogP contribution is -2.51. The van der Waals surface area contributed by atoms with Crippen LogP contribution in [0.25, 0.3) is 0 Å². The topological polar surface area (TPSA) is 113 Å². The van der Waals surface area contributed by atoms with E-state index < -0.39 is 41.1 Å². The van der Waals surface area contributed by atoms with Crippen LogP contribution < -0.4 is 14.8 Å². The van der Waals surface area contributed by atoms with E-state index in [1.807, 2.05) is 0 Å². The summed E-state index contributed by atoms with van der Waals surface area (Å²) in [6, 6.07) is 6.03. The number of ether oxygens (including phenoxy) is 3. The first-order valence-corrected chi connectivity index (χ1v) is 9.63. The van der Waals surface area contributed by atoms with Crippen LogP contribution in [0.4, 0.5) is 22.4 Å². The molecule has 2 aromatic heterocycles. The Balaban J connectivity index is 1.79. The number of nitrogens with zero attached hydrogens (tertiary/aromatic N) is 3. The molecule has 0 saturated heterocycles. The lowest BCUT2D eigenvalue weighted by Gasteiger charge is -2.39. The molecule has 9 nitrogen and oxygen atoms in total. The minimum atomic E-state index is -5.24. The van der Waals surface area contributed by atoms with E-state index in [0.29, 0.717) is 0 Å². The SMILES string of the molecule is O=C(NC1(c2cccc(F)c2OC(F)(F)F)CCOc2cccnc21)OC(=O)c1cnccn1. The second-order valence-corrected chi connectivity index (χ2v) is 6.91. The van der Waals surface area contributed by atoms with Gasteiger partial charge in [-0.15, -0.1) is 13.2 Å². The number of amides is 1. The number of halogens is 4. The fourth-order valence-corrected chi connectivity index (χ4v) is 3.52. The van der Waals surface area contributed by atoms with Crippen LogP contribution in [0.2, 0.25) is 0 Å². The number of esters is 1. The number of hydrogen-bond acceptors (Lipinski definition) is 8. The Morgan fingerprint density at radius 3 is 2.65 bits per heavy atom. The summed E-state index contributed by atoms with van der Waals surface area (Å²) in [6.45, 7) is -0.0982. The van der Waals surface area contributed by atoms with Crippen LogP contribution in [0.15, 0.2) is 55.1 Å². The van der Waals surface area contributed by atoms with E-state index in [-0.39, 0.29) is 30.2 Å². The van der Waals surface area contributed by atoms with Gasteiger partial charge in [0.05, 0.1) is 12.8 Å². The van der Waals surface area contributed by atoms with Crippen LogP contribution in [0.1, 0.15) is 28.2 Å². The third kappa shape index (κ3) is 4.58. The van der Waals surface area contributed by atoms with Crippen molar-refractivity contribution in [2.45, 2.75) is 18.3 Å². The molecule has 3 aromatic rings. The van der Waals surface area contributed by atoms with Crippen molar-refractivity contribution in [2.75, 3.05) is 6.61 Å². The molecule has 1 aliphatic heterocycles. The average Bonchev–Trinajstić information content (AvgIpc) is 2.80. The summed E-state index contributed by atoms with van der Waals surface area (Å²) in [5.41, 5.74) is -2.64. The van der Waals surface area contributed by atoms with Crippen LogP contribution in [0.3, 0.4) is 0 Å². The Kier molecular flexibility index (Phi) is 6.01. The molecule has 4 rings (SSSR count). The summed E-state index contributed by atoms with van der Waals surface area (Å²) in [4.78, 5) is 36.5. The predicted octanol–water partition coefficient (Wildman–Crippen LogP) is 3.50. The predicted molar refractivity (Wildman–Crippen MR) is 104 cm³/mol. The summed E-state index contributed by atoms with van der Waals surface area (Å²) in [5, 5.41) is 2.37. The van der Waals surface area contributed by atoms with Gasteiger partial charge >= 0.3 is 18.4 Å². The maximum Gasteiger partial charge on any atom is 0.573 e. The molecule has 1 N–H and O–H groups in total. The van der Waals surface area contributed by atoms with Crippen molar-refractivity contribution < 1.29 is 41.4 Å². The summed E-state index contributed by atoms with van der Waals surface area (Å²) in [5.74, 6) is -3.55. The number of aromatic nitrogens is 3. The molecule has 1 aliphatic rings. The highest BCUT2D eigenvalue weighted by Gasteiger charge is 2.47. The van der Waals surface area contributed by atoms with Gasteiger partial charge in [0.1, 0.15) is 17.0 Å². The lowest BCUT2D eigenvalue weighted by atomic mass is 9.81. The molecule has 1 unspecified atom stereocenters. The number of nitrogens with one attached hydrogen (secondary N) is 1. The smallest absolute Gasteiger partial charge is 0.491 e. The zero-order valence-electron chi connectivity index (χ0n) is 17.0. The molecule has 0 radical (unpaired) electrons. The third-order valence-electron chi connectivity index (χ3n) is 4.83. The summed E-state index contributed by atoms with van der Waals surface area (Å²) < 4.78 is 68.1.